The fraction of sp³-hybridized carbons (Fsp3) is 0.294. The Hall–Kier alpha value is -2.36. The van der Waals surface area contributed by atoms with E-state index in [0.29, 0.717) is 12.6 Å². The van der Waals surface area contributed by atoms with Crippen LogP contribution >= 0.6 is 0 Å². The van der Waals surface area contributed by atoms with Crippen LogP contribution < -0.4 is 9.64 Å². The van der Waals surface area contributed by atoms with E-state index in [1.807, 2.05) is 24.3 Å². The van der Waals surface area contributed by atoms with Crippen molar-refractivity contribution in [2.75, 3.05) is 18.1 Å². The zero-order valence-electron chi connectivity index (χ0n) is 11.8. The summed E-state index contributed by atoms with van der Waals surface area (Å²) in [6.07, 6.45) is 8.18. The van der Waals surface area contributed by atoms with Crippen molar-refractivity contribution in [3.63, 3.8) is 0 Å². The van der Waals surface area contributed by atoms with E-state index >= 15 is 0 Å². The first-order valence-electron chi connectivity index (χ1n) is 7.38. The lowest BCUT2D eigenvalue weighted by molar-refractivity contribution is 0.338. The standard InChI is InChI=1S/C17H17N3O/c1-2-7-16-13(5-1)11-14(12-21-16)15-6-3-10-20(15)17-18-8-4-9-19-17/h1-2,4-5,7-9,11,15H,3,6,10,12H2. The lowest BCUT2D eigenvalue weighted by atomic mass is 10.00. The molecule has 1 fully saturated rings. The van der Waals surface area contributed by atoms with Gasteiger partial charge < -0.3 is 9.64 Å². The number of rotatable bonds is 2. The Morgan fingerprint density at radius 3 is 2.86 bits per heavy atom. The number of fused-ring (bicyclic) bond motifs is 1. The summed E-state index contributed by atoms with van der Waals surface area (Å²) in [5, 5.41) is 0. The molecule has 2 aliphatic heterocycles. The Morgan fingerprint density at radius 2 is 1.95 bits per heavy atom. The summed E-state index contributed by atoms with van der Waals surface area (Å²) in [7, 11) is 0. The minimum atomic E-state index is 0.348. The molecule has 3 heterocycles. The van der Waals surface area contributed by atoms with Gasteiger partial charge in [0.1, 0.15) is 12.4 Å². The molecular formula is C17H17N3O. The lowest BCUT2D eigenvalue weighted by Crippen LogP contribution is -2.34. The number of anilines is 1. The molecule has 0 radical (unpaired) electrons. The molecule has 1 saturated heterocycles. The molecule has 21 heavy (non-hydrogen) atoms. The molecule has 4 nitrogen and oxygen atoms in total. The van der Waals surface area contributed by atoms with E-state index in [4.69, 9.17) is 4.74 Å². The molecule has 1 aromatic heterocycles. The molecule has 106 valence electrons. The van der Waals surface area contributed by atoms with Gasteiger partial charge in [0.25, 0.3) is 0 Å². The summed E-state index contributed by atoms with van der Waals surface area (Å²) < 4.78 is 5.90. The topological polar surface area (TPSA) is 38.2 Å². The summed E-state index contributed by atoms with van der Waals surface area (Å²) in [6, 6.07) is 10.4. The minimum absolute atomic E-state index is 0.348. The summed E-state index contributed by atoms with van der Waals surface area (Å²) in [5.74, 6) is 1.79. The molecule has 4 rings (SSSR count). The van der Waals surface area contributed by atoms with Crippen molar-refractivity contribution < 1.29 is 4.74 Å². The number of hydrogen-bond acceptors (Lipinski definition) is 4. The SMILES string of the molecule is C1=C(C2CCCN2c2ncccn2)COc2ccccc21. The second kappa shape index (κ2) is 5.20. The van der Waals surface area contributed by atoms with E-state index in [-0.39, 0.29) is 0 Å². The molecule has 0 amide bonds. The summed E-state index contributed by atoms with van der Waals surface area (Å²) in [4.78, 5) is 11.1. The molecular weight excluding hydrogens is 262 g/mol. The van der Waals surface area contributed by atoms with Crippen molar-refractivity contribution in [2.24, 2.45) is 0 Å². The Kier molecular flexibility index (Phi) is 3.07. The molecule has 2 aromatic rings. The third-order valence-corrected chi connectivity index (χ3v) is 4.14. The average Bonchev–Trinajstić information content (AvgIpc) is 3.05. The highest BCUT2D eigenvalue weighted by atomic mass is 16.5. The number of benzene rings is 1. The molecule has 0 spiro atoms. The summed E-state index contributed by atoms with van der Waals surface area (Å²) >= 11 is 0. The van der Waals surface area contributed by atoms with Gasteiger partial charge >= 0.3 is 0 Å². The Morgan fingerprint density at radius 1 is 1.10 bits per heavy atom. The van der Waals surface area contributed by atoms with Crippen LogP contribution in [0.5, 0.6) is 5.75 Å². The van der Waals surface area contributed by atoms with Gasteiger partial charge in [-0.15, -0.1) is 0 Å². The van der Waals surface area contributed by atoms with E-state index < -0.39 is 0 Å². The molecule has 0 aliphatic carbocycles. The maximum atomic E-state index is 5.90. The summed E-state index contributed by atoms with van der Waals surface area (Å²) in [5.41, 5.74) is 2.48. The van der Waals surface area contributed by atoms with E-state index in [0.717, 1.165) is 24.7 Å². The van der Waals surface area contributed by atoms with Crippen LogP contribution in [-0.4, -0.2) is 29.2 Å². The fourth-order valence-corrected chi connectivity index (χ4v) is 3.16. The second-order valence-corrected chi connectivity index (χ2v) is 5.45. The quantitative estimate of drug-likeness (QED) is 0.847. The molecule has 0 bridgehead atoms. The van der Waals surface area contributed by atoms with Gasteiger partial charge in [-0.1, -0.05) is 18.2 Å². The van der Waals surface area contributed by atoms with Crippen molar-refractivity contribution in [1.29, 1.82) is 0 Å². The highest BCUT2D eigenvalue weighted by Gasteiger charge is 2.31. The maximum absolute atomic E-state index is 5.90. The normalized spacial score (nSPS) is 20.7. The van der Waals surface area contributed by atoms with Gasteiger partial charge in [0.05, 0.1) is 6.04 Å². The second-order valence-electron chi connectivity index (χ2n) is 5.45. The van der Waals surface area contributed by atoms with Crippen LogP contribution in [-0.2, 0) is 0 Å². The lowest BCUT2D eigenvalue weighted by Gasteiger charge is -2.29. The zero-order chi connectivity index (χ0) is 14.1. The van der Waals surface area contributed by atoms with Crippen molar-refractivity contribution in [3.05, 3.63) is 53.9 Å². The third kappa shape index (κ3) is 2.27. The third-order valence-electron chi connectivity index (χ3n) is 4.14. The van der Waals surface area contributed by atoms with E-state index in [9.17, 15) is 0 Å². The molecule has 1 aromatic carbocycles. The van der Waals surface area contributed by atoms with Crippen molar-refractivity contribution in [3.8, 4) is 5.75 Å². The first-order valence-corrected chi connectivity index (χ1v) is 7.38. The first kappa shape index (κ1) is 12.4. The van der Waals surface area contributed by atoms with E-state index in [1.54, 1.807) is 12.4 Å². The van der Waals surface area contributed by atoms with E-state index in [2.05, 4.69) is 27.0 Å². The number of nitrogens with zero attached hydrogens (tertiary/aromatic N) is 3. The molecule has 1 unspecified atom stereocenters. The van der Waals surface area contributed by atoms with Crippen LogP contribution in [0.25, 0.3) is 6.08 Å². The van der Waals surface area contributed by atoms with Crippen LogP contribution in [0.15, 0.2) is 48.3 Å². The predicted molar refractivity (Wildman–Crippen MR) is 82.3 cm³/mol. The predicted octanol–water partition coefficient (Wildman–Crippen LogP) is 2.92. The van der Waals surface area contributed by atoms with Crippen LogP contribution in [0.2, 0.25) is 0 Å². The van der Waals surface area contributed by atoms with Crippen LogP contribution in [0, 0.1) is 0 Å². The Labute approximate surface area is 124 Å². The highest BCUT2D eigenvalue weighted by Crippen LogP contribution is 2.33. The zero-order valence-corrected chi connectivity index (χ0v) is 11.8. The number of ether oxygens (including phenoxy) is 1. The average molecular weight is 279 g/mol. The molecule has 0 N–H and O–H groups in total. The Balaban J connectivity index is 1.66. The van der Waals surface area contributed by atoms with Crippen LogP contribution in [0.3, 0.4) is 0 Å². The van der Waals surface area contributed by atoms with Gasteiger partial charge in [0, 0.05) is 24.5 Å². The molecule has 2 aliphatic rings. The minimum Gasteiger partial charge on any atom is -0.489 e. The summed E-state index contributed by atoms with van der Waals surface area (Å²) in [6.45, 7) is 1.67. The smallest absolute Gasteiger partial charge is 0.225 e. The van der Waals surface area contributed by atoms with Gasteiger partial charge in [-0.2, -0.15) is 0 Å². The van der Waals surface area contributed by atoms with Crippen molar-refractivity contribution >= 4 is 12.0 Å². The van der Waals surface area contributed by atoms with Gasteiger partial charge in [-0.3, -0.25) is 0 Å². The molecule has 0 saturated carbocycles. The molecule has 4 heteroatoms. The van der Waals surface area contributed by atoms with Crippen molar-refractivity contribution in [1.82, 2.24) is 9.97 Å². The van der Waals surface area contributed by atoms with Gasteiger partial charge in [0.15, 0.2) is 0 Å². The fourth-order valence-electron chi connectivity index (χ4n) is 3.16. The number of hydrogen-bond donors (Lipinski definition) is 0. The highest BCUT2D eigenvalue weighted by molar-refractivity contribution is 5.64. The van der Waals surface area contributed by atoms with Gasteiger partial charge in [0.2, 0.25) is 5.95 Å². The maximum Gasteiger partial charge on any atom is 0.225 e. The molecule has 1 atom stereocenters. The van der Waals surface area contributed by atoms with Crippen molar-refractivity contribution in [2.45, 2.75) is 18.9 Å². The van der Waals surface area contributed by atoms with Crippen LogP contribution in [0.1, 0.15) is 18.4 Å². The number of aromatic nitrogens is 2. The van der Waals surface area contributed by atoms with E-state index in [1.165, 1.54) is 17.6 Å². The monoisotopic (exact) mass is 279 g/mol. The van der Waals surface area contributed by atoms with Gasteiger partial charge in [-0.05, 0) is 36.6 Å². The first-order chi connectivity index (χ1) is 10.4. The van der Waals surface area contributed by atoms with Gasteiger partial charge in [-0.25, -0.2) is 9.97 Å². The largest absolute Gasteiger partial charge is 0.489 e. The Bertz CT molecular complexity index is 669. The number of para-hydroxylation sites is 1. The van der Waals surface area contributed by atoms with Crippen LogP contribution in [0.4, 0.5) is 5.95 Å².